The van der Waals surface area contributed by atoms with Crippen LogP contribution in [0.5, 0.6) is 0 Å². The molecule has 1 aromatic carbocycles. The summed E-state index contributed by atoms with van der Waals surface area (Å²) in [7, 11) is 1.55. The van der Waals surface area contributed by atoms with Crippen molar-refractivity contribution in [1.29, 1.82) is 0 Å². The summed E-state index contributed by atoms with van der Waals surface area (Å²) in [6.45, 7) is 2.42. The van der Waals surface area contributed by atoms with Gasteiger partial charge in [-0.2, -0.15) is 5.10 Å². The summed E-state index contributed by atoms with van der Waals surface area (Å²) in [5, 5.41) is 6.92. The number of hydrogen-bond donors (Lipinski definition) is 1. The number of carbonyl (C=O) groups is 1. The number of anilines is 1. The Bertz CT molecular complexity index is 1030. The number of fused-ring (bicyclic) bond motifs is 1. The van der Waals surface area contributed by atoms with Crippen molar-refractivity contribution in [2.24, 2.45) is 0 Å². The zero-order chi connectivity index (χ0) is 19.1. The quantitative estimate of drug-likeness (QED) is 0.769. The lowest BCUT2D eigenvalue weighted by Gasteiger charge is -2.26. The molecule has 0 saturated carbocycles. The van der Waals surface area contributed by atoms with Gasteiger partial charge in [-0.3, -0.25) is 4.79 Å². The predicted octanol–water partition coefficient (Wildman–Crippen LogP) is 3.02. The zero-order valence-corrected chi connectivity index (χ0v) is 15.0. The molecule has 0 bridgehead atoms. The smallest absolute Gasteiger partial charge is 0.256 e. The maximum absolute atomic E-state index is 14.3. The van der Waals surface area contributed by atoms with Crippen molar-refractivity contribution in [3.05, 3.63) is 58.9 Å². The molecule has 0 radical (unpaired) electrons. The van der Waals surface area contributed by atoms with E-state index in [1.54, 1.807) is 30.8 Å². The van der Waals surface area contributed by atoms with Crippen LogP contribution in [0.4, 0.5) is 14.6 Å². The fraction of sp³-hybridized carbons (Fsp3) is 0.316. The van der Waals surface area contributed by atoms with Gasteiger partial charge in [0.2, 0.25) is 0 Å². The lowest BCUT2D eigenvalue weighted by molar-refractivity contribution is 0.0964. The SMILES string of the molecule is CNC(=O)c1c(C)nn2ccc(N3CCC[C@@H]3c3cc(F)ccc3F)nc12. The van der Waals surface area contributed by atoms with Crippen LogP contribution in [0, 0.1) is 18.6 Å². The first-order valence-electron chi connectivity index (χ1n) is 8.79. The molecule has 1 aliphatic heterocycles. The van der Waals surface area contributed by atoms with Crippen LogP contribution < -0.4 is 10.2 Å². The molecule has 1 aliphatic rings. The van der Waals surface area contributed by atoms with Gasteiger partial charge < -0.3 is 10.2 Å². The number of nitrogens with one attached hydrogen (secondary N) is 1. The minimum absolute atomic E-state index is 0.263. The van der Waals surface area contributed by atoms with Gasteiger partial charge in [0.1, 0.15) is 23.0 Å². The number of benzene rings is 1. The standard InChI is InChI=1S/C19H19F2N5O/c1-11-17(19(27)22-2)18-23-16(7-9-26(18)24-11)25-8-3-4-15(25)13-10-12(20)5-6-14(13)21/h5-7,9-10,15H,3-4,8H2,1-2H3,(H,22,27)/t15-/m1/s1. The molecule has 1 fully saturated rings. The molecule has 2 aromatic heterocycles. The van der Waals surface area contributed by atoms with E-state index in [2.05, 4.69) is 15.4 Å². The number of hydrogen-bond acceptors (Lipinski definition) is 4. The lowest BCUT2D eigenvalue weighted by atomic mass is 10.0. The highest BCUT2D eigenvalue weighted by atomic mass is 19.1. The third-order valence-corrected chi connectivity index (χ3v) is 4.96. The fourth-order valence-electron chi connectivity index (χ4n) is 3.71. The number of carbonyl (C=O) groups excluding carboxylic acids is 1. The molecule has 1 amide bonds. The molecule has 1 atom stereocenters. The van der Waals surface area contributed by atoms with Crippen LogP contribution in [0.2, 0.25) is 0 Å². The monoisotopic (exact) mass is 371 g/mol. The molecule has 8 heteroatoms. The van der Waals surface area contributed by atoms with Crippen molar-refractivity contribution in [3.8, 4) is 0 Å². The molecule has 27 heavy (non-hydrogen) atoms. The Labute approximate surface area is 154 Å². The van der Waals surface area contributed by atoms with Gasteiger partial charge in [0, 0.05) is 25.4 Å². The van der Waals surface area contributed by atoms with E-state index in [4.69, 9.17) is 0 Å². The maximum Gasteiger partial charge on any atom is 0.256 e. The van der Waals surface area contributed by atoms with Crippen LogP contribution in [0.25, 0.3) is 5.65 Å². The second-order valence-electron chi connectivity index (χ2n) is 6.61. The number of rotatable bonds is 3. The van der Waals surface area contributed by atoms with Crippen molar-refractivity contribution < 1.29 is 13.6 Å². The highest BCUT2D eigenvalue weighted by Gasteiger charge is 2.30. The van der Waals surface area contributed by atoms with Gasteiger partial charge in [0.05, 0.1) is 11.7 Å². The number of halogens is 2. The summed E-state index contributed by atoms with van der Waals surface area (Å²) in [5.41, 5.74) is 1.75. The van der Waals surface area contributed by atoms with Crippen molar-refractivity contribution in [3.63, 3.8) is 0 Å². The Kier molecular flexibility index (Phi) is 4.25. The Hall–Kier alpha value is -3.03. The maximum atomic E-state index is 14.3. The van der Waals surface area contributed by atoms with E-state index in [0.717, 1.165) is 18.6 Å². The van der Waals surface area contributed by atoms with Crippen molar-refractivity contribution >= 4 is 17.4 Å². The topological polar surface area (TPSA) is 62.5 Å². The Morgan fingerprint density at radius 1 is 1.30 bits per heavy atom. The summed E-state index contributed by atoms with van der Waals surface area (Å²) >= 11 is 0. The summed E-state index contributed by atoms with van der Waals surface area (Å²) in [4.78, 5) is 18.8. The van der Waals surface area contributed by atoms with Gasteiger partial charge in [-0.25, -0.2) is 18.3 Å². The van der Waals surface area contributed by atoms with E-state index >= 15 is 0 Å². The van der Waals surface area contributed by atoms with Crippen molar-refractivity contribution in [2.45, 2.75) is 25.8 Å². The van der Waals surface area contributed by atoms with Crippen LogP contribution in [0.15, 0.2) is 30.5 Å². The van der Waals surface area contributed by atoms with Gasteiger partial charge in [-0.15, -0.1) is 0 Å². The van der Waals surface area contributed by atoms with E-state index in [0.29, 0.717) is 41.3 Å². The molecule has 0 aliphatic carbocycles. The first kappa shape index (κ1) is 17.4. The molecule has 6 nitrogen and oxygen atoms in total. The lowest BCUT2D eigenvalue weighted by Crippen LogP contribution is -2.25. The van der Waals surface area contributed by atoms with Gasteiger partial charge in [0.15, 0.2) is 5.65 Å². The van der Waals surface area contributed by atoms with Gasteiger partial charge in [0.25, 0.3) is 5.91 Å². The average molecular weight is 371 g/mol. The van der Waals surface area contributed by atoms with Gasteiger partial charge in [-0.1, -0.05) is 0 Å². The summed E-state index contributed by atoms with van der Waals surface area (Å²) in [6, 6.07) is 5.00. The van der Waals surface area contributed by atoms with Crippen molar-refractivity contribution in [1.82, 2.24) is 19.9 Å². The normalized spacial score (nSPS) is 16.9. The number of aryl methyl sites for hydroxylation is 1. The van der Waals surface area contributed by atoms with Crippen LogP contribution in [-0.2, 0) is 0 Å². The third kappa shape index (κ3) is 2.90. The van der Waals surface area contributed by atoms with Crippen LogP contribution >= 0.6 is 0 Å². The summed E-state index contributed by atoms with van der Waals surface area (Å²) in [6.07, 6.45) is 3.27. The average Bonchev–Trinajstić information content (AvgIpc) is 3.26. The predicted molar refractivity (Wildman–Crippen MR) is 96.8 cm³/mol. The largest absolute Gasteiger partial charge is 0.355 e. The van der Waals surface area contributed by atoms with Crippen LogP contribution in [-0.4, -0.2) is 34.1 Å². The van der Waals surface area contributed by atoms with Crippen LogP contribution in [0.3, 0.4) is 0 Å². The number of amides is 1. The molecule has 3 heterocycles. The van der Waals surface area contributed by atoms with Crippen LogP contribution in [0.1, 0.15) is 40.5 Å². The molecule has 4 rings (SSSR count). The van der Waals surface area contributed by atoms with E-state index in [1.807, 2.05) is 4.90 Å². The van der Waals surface area contributed by atoms with Gasteiger partial charge >= 0.3 is 0 Å². The minimum atomic E-state index is -0.463. The third-order valence-electron chi connectivity index (χ3n) is 4.96. The van der Waals surface area contributed by atoms with E-state index in [9.17, 15) is 13.6 Å². The van der Waals surface area contributed by atoms with Gasteiger partial charge in [-0.05, 0) is 44.0 Å². The number of nitrogens with zero attached hydrogens (tertiary/aromatic N) is 4. The highest BCUT2D eigenvalue weighted by molar-refractivity contribution is 6.01. The summed E-state index contributed by atoms with van der Waals surface area (Å²) in [5.74, 6) is -0.546. The first-order chi connectivity index (χ1) is 13.0. The molecule has 1 N–H and O–H groups in total. The first-order valence-corrected chi connectivity index (χ1v) is 8.79. The van der Waals surface area contributed by atoms with E-state index in [-0.39, 0.29) is 11.9 Å². The molecule has 140 valence electrons. The second-order valence-corrected chi connectivity index (χ2v) is 6.61. The van der Waals surface area contributed by atoms with E-state index in [1.165, 1.54) is 6.07 Å². The Morgan fingerprint density at radius 2 is 2.11 bits per heavy atom. The molecule has 0 spiro atoms. The van der Waals surface area contributed by atoms with Crippen molar-refractivity contribution in [2.75, 3.05) is 18.5 Å². The molecular formula is C19H19F2N5O. The van der Waals surface area contributed by atoms with E-state index < -0.39 is 11.6 Å². The second kappa shape index (κ2) is 6.61. The molecular weight excluding hydrogens is 352 g/mol. The fourth-order valence-corrected chi connectivity index (χ4v) is 3.71. The molecule has 3 aromatic rings. The molecule has 0 unspecified atom stereocenters. The zero-order valence-electron chi connectivity index (χ0n) is 15.0. The highest BCUT2D eigenvalue weighted by Crippen LogP contribution is 2.37. The minimum Gasteiger partial charge on any atom is -0.355 e. The Morgan fingerprint density at radius 3 is 2.89 bits per heavy atom. The Balaban J connectivity index is 1.79. The molecule has 1 saturated heterocycles. The number of aromatic nitrogens is 3. The summed E-state index contributed by atoms with van der Waals surface area (Å²) < 4.78 is 29.5.